The molecule has 1 saturated heterocycles. The van der Waals surface area contributed by atoms with E-state index in [1.165, 1.54) is 0 Å². The second kappa shape index (κ2) is 7.28. The Morgan fingerprint density at radius 2 is 2.04 bits per heavy atom. The second-order valence-corrected chi connectivity index (χ2v) is 7.66. The number of fused-ring (bicyclic) bond motifs is 1. The lowest BCUT2D eigenvalue weighted by Gasteiger charge is -2.30. The third-order valence-corrected chi connectivity index (χ3v) is 5.83. The van der Waals surface area contributed by atoms with Crippen LogP contribution in [0.2, 0.25) is 0 Å². The Morgan fingerprint density at radius 3 is 2.80 bits per heavy atom. The van der Waals surface area contributed by atoms with Gasteiger partial charge in [0, 0.05) is 18.7 Å². The minimum atomic E-state index is 0.0338. The maximum Gasteiger partial charge on any atom is 0.267 e. The lowest BCUT2D eigenvalue weighted by Crippen LogP contribution is -2.40. The first kappa shape index (κ1) is 16.8. The van der Waals surface area contributed by atoms with Crippen LogP contribution >= 0.6 is 0 Å². The number of ether oxygens (including phenoxy) is 1. The first-order valence-electron chi connectivity index (χ1n) is 9.71. The van der Waals surface area contributed by atoms with Crippen LogP contribution in [0.4, 0.5) is 0 Å². The molecule has 1 atom stereocenters. The number of rotatable bonds is 4. The van der Waals surface area contributed by atoms with Crippen LogP contribution in [0.1, 0.15) is 68.7 Å². The molecule has 4 rings (SSSR count). The zero-order valence-electron chi connectivity index (χ0n) is 14.7. The molecule has 136 valence electrons. The van der Waals surface area contributed by atoms with Gasteiger partial charge in [-0.15, -0.1) is 0 Å². The minimum absolute atomic E-state index is 0.0338. The summed E-state index contributed by atoms with van der Waals surface area (Å²) in [5, 5.41) is 7.78. The third-order valence-electron chi connectivity index (χ3n) is 5.83. The first-order valence-corrected chi connectivity index (χ1v) is 9.71. The number of amides is 1. The van der Waals surface area contributed by atoms with Gasteiger partial charge in [-0.2, -0.15) is 5.10 Å². The molecule has 6 heteroatoms. The molecule has 0 spiro atoms. The quantitative estimate of drug-likeness (QED) is 0.904. The molecule has 2 fully saturated rings. The van der Waals surface area contributed by atoms with E-state index < -0.39 is 0 Å². The molecule has 6 nitrogen and oxygen atoms in total. The Hall–Kier alpha value is -1.69. The molecule has 1 aliphatic heterocycles. The van der Waals surface area contributed by atoms with E-state index in [4.69, 9.17) is 4.74 Å². The van der Waals surface area contributed by atoms with Crippen LogP contribution in [0.15, 0.2) is 10.9 Å². The monoisotopic (exact) mass is 345 g/mol. The number of aryl methyl sites for hydroxylation is 2. The molecule has 0 radical (unpaired) electrons. The smallest absolute Gasteiger partial charge is 0.267 e. The van der Waals surface area contributed by atoms with Crippen molar-refractivity contribution in [3.8, 4) is 0 Å². The van der Waals surface area contributed by atoms with E-state index in [1.807, 2.05) is 0 Å². The molecule has 2 aliphatic carbocycles. The fourth-order valence-electron chi connectivity index (χ4n) is 4.44. The van der Waals surface area contributed by atoms with Crippen molar-refractivity contribution >= 4 is 5.91 Å². The molecule has 1 amide bonds. The maximum atomic E-state index is 12.3. The molecule has 1 aromatic heterocycles. The highest BCUT2D eigenvalue weighted by atomic mass is 16.5. The molecular weight excluding hydrogens is 318 g/mol. The van der Waals surface area contributed by atoms with Gasteiger partial charge in [0.25, 0.3) is 5.56 Å². The number of aromatic nitrogens is 2. The van der Waals surface area contributed by atoms with Crippen molar-refractivity contribution in [1.82, 2.24) is 15.1 Å². The molecule has 3 aliphatic rings. The van der Waals surface area contributed by atoms with Gasteiger partial charge in [0.05, 0.1) is 24.3 Å². The number of hydrogen-bond acceptors (Lipinski definition) is 4. The lowest BCUT2D eigenvalue weighted by molar-refractivity contribution is -0.124. The van der Waals surface area contributed by atoms with Crippen molar-refractivity contribution < 1.29 is 9.53 Å². The standard InChI is InChI=1S/C19H27N3O3/c23-18(12-16-4-2-10-25-16)20-14-6-8-15(9-7-14)22-19(24)11-13-3-1-5-17(13)21-22/h11,14-16H,1-10,12H2,(H,20,23). The van der Waals surface area contributed by atoms with Crippen LogP contribution in [0, 0.1) is 0 Å². The van der Waals surface area contributed by atoms with Crippen molar-refractivity contribution in [2.45, 2.75) is 82.4 Å². The van der Waals surface area contributed by atoms with Crippen molar-refractivity contribution in [1.29, 1.82) is 0 Å². The molecule has 1 aromatic rings. The van der Waals surface area contributed by atoms with Crippen molar-refractivity contribution in [2.24, 2.45) is 0 Å². The summed E-state index contributed by atoms with van der Waals surface area (Å²) in [6.45, 7) is 0.783. The predicted octanol–water partition coefficient (Wildman–Crippen LogP) is 1.90. The molecule has 1 unspecified atom stereocenters. The van der Waals surface area contributed by atoms with Gasteiger partial charge in [-0.25, -0.2) is 4.68 Å². The van der Waals surface area contributed by atoms with E-state index in [1.54, 1.807) is 10.7 Å². The van der Waals surface area contributed by atoms with Gasteiger partial charge in [-0.1, -0.05) is 0 Å². The highest BCUT2D eigenvalue weighted by molar-refractivity contribution is 5.76. The van der Waals surface area contributed by atoms with Gasteiger partial charge >= 0.3 is 0 Å². The van der Waals surface area contributed by atoms with E-state index >= 15 is 0 Å². The molecule has 1 N–H and O–H groups in total. The third kappa shape index (κ3) is 3.78. The van der Waals surface area contributed by atoms with Crippen LogP contribution in [-0.4, -0.2) is 34.4 Å². The van der Waals surface area contributed by atoms with Gasteiger partial charge in [0.1, 0.15) is 0 Å². The Morgan fingerprint density at radius 1 is 1.20 bits per heavy atom. The van der Waals surface area contributed by atoms with Gasteiger partial charge in [-0.3, -0.25) is 9.59 Å². The van der Waals surface area contributed by atoms with Gasteiger partial charge in [0.15, 0.2) is 0 Å². The summed E-state index contributed by atoms with van der Waals surface area (Å²) in [6.07, 6.45) is 9.34. The zero-order valence-corrected chi connectivity index (χ0v) is 14.7. The van der Waals surface area contributed by atoms with Crippen molar-refractivity contribution in [3.63, 3.8) is 0 Å². The Bertz CT molecular complexity index is 686. The van der Waals surface area contributed by atoms with Gasteiger partial charge < -0.3 is 10.1 Å². The number of nitrogens with one attached hydrogen (secondary N) is 1. The fraction of sp³-hybridized carbons (Fsp3) is 0.737. The largest absolute Gasteiger partial charge is 0.378 e. The summed E-state index contributed by atoms with van der Waals surface area (Å²) in [6, 6.07) is 2.17. The highest BCUT2D eigenvalue weighted by Crippen LogP contribution is 2.28. The normalized spacial score (nSPS) is 28.7. The Kier molecular flexibility index (Phi) is 4.88. The summed E-state index contributed by atoms with van der Waals surface area (Å²) in [4.78, 5) is 24.5. The number of nitrogens with zero attached hydrogens (tertiary/aromatic N) is 2. The first-order chi connectivity index (χ1) is 12.2. The van der Waals surface area contributed by atoms with E-state index in [9.17, 15) is 9.59 Å². The van der Waals surface area contributed by atoms with E-state index in [0.717, 1.165) is 75.7 Å². The van der Waals surface area contributed by atoms with Crippen molar-refractivity contribution in [2.75, 3.05) is 6.61 Å². The highest BCUT2D eigenvalue weighted by Gasteiger charge is 2.27. The average Bonchev–Trinajstić information content (AvgIpc) is 3.26. The van der Waals surface area contributed by atoms with Crippen LogP contribution in [0.3, 0.4) is 0 Å². The van der Waals surface area contributed by atoms with E-state index in [0.29, 0.717) is 6.42 Å². The SMILES string of the molecule is O=C(CC1CCCO1)NC1CCC(n2nc3c(cc2=O)CCC3)CC1. The zero-order chi connectivity index (χ0) is 17.2. The molecule has 25 heavy (non-hydrogen) atoms. The summed E-state index contributed by atoms with van der Waals surface area (Å²) in [5.74, 6) is 0.100. The average molecular weight is 345 g/mol. The topological polar surface area (TPSA) is 73.2 Å². The number of hydrogen-bond donors (Lipinski definition) is 1. The Balaban J connectivity index is 1.31. The predicted molar refractivity (Wildman–Crippen MR) is 93.5 cm³/mol. The van der Waals surface area contributed by atoms with E-state index in [-0.39, 0.29) is 29.7 Å². The molecule has 0 aromatic carbocycles. The number of carbonyl (C=O) groups is 1. The Labute approximate surface area is 147 Å². The molecule has 2 heterocycles. The summed E-state index contributed by atoms with van der Waals surface area (Å²) in [7, 11) is 0. The summed E-state index contributed by atoms with van der Waals surface area (Å²) in [5.41, 5.74) is 2.27. The summed E-state index contributed by atoms with van der Waals surface area (Å²) < 4.78 is 7.23. The van der Waals surface area contributed by atoms with Crippen molar-refractivity contribution in [3.05, 3.63) is 27.7 Å². The van der Waals surface area contributed by atoms with Crippen LogP contribution in [-0.2, 0) is 22.4 Å². The fourth-order valence-corrected chi connectivity index (χ4v) is 4.44. The second-order valence-electron chi connectivity index (χ2n) is 7.66. The van der Waals surface area contributed by atoms with E-state index in [2.05, 4.69) is 10.4 Å². The molecule has 0 bridgehead atoms. The molecular formula is C19H27N3O3. The lowest BCUT2D eigenvalue weighted by atomic mass is 9.91. The maximum absolute atomic E-state index is 12.3. The number of carbonyl (C=O) groups excluding carboxylic acids is 1. The van der Waals surface area contributed by atoms with Gasteiger partial charge in [0.2, 0.25) is 5.91 Å². The van der Waals surface area contributed by atoms with Crippen LogP contribution in [0.5, 0.6) is 0 Å². The van der Waals surface area contributed by atoms with Gasteiger partial charge in [-0.05, 0) is 63.4 Å². The summed E-state index contributed by atoms with van der Waals surface area (Å²) >= 11 is 0. The van der Waals surface area contributed by atoms with Crippen LogP contribution in [0.25, 0.3) is 0 Å². The van der Waals surface area contributed by atoms with Crippen LogP contribution < -0.4 is 10.9 Å². The molecule has 1 saturated carbocycles. The minimum Gasteiger partial charge on any atom is -0.378 e.